The number of hydrogen-bond acceptors (Lipinski definition) is 3. The van der Waals surface area contributed by atoms with Crippen LogP contribution in [0.4, 0.5) is 4.39 Å². The smallest absolute Gasteiger partial charge is 0.276 e. The lowest BCUT2D eigenvalue weighted by Crippen LogP contribution is -2.43. The molecular weight excluding hydrogens is 391 g/mol. The molecule has 2 aromatic rings. The molecule has 8 heteroatoms. The van der Waals surface area contributed by atoms with Crippen molar-refractivity contribution in [1.29, 1.82) is 0 Å². The monoisotopic (exact) mass is 400 g/mol. The van der Waals surface area contributed by atoms with Crippen LogP contribution in [0.2, 0.25) is 5.02 Å². The summed E-state index contributed by atoms with van der Waals surface area (Å²) in [6.45, 7) is -0.328. The van der Waals surface area contributed by atoms with Crippen LogP contribution in [-0.4, -0.2) is 18.4 Å². The highest BCUT2D eigenvalue weighted by atomic mass is 79.9. The third-order valence-electron chi connectivity index (χ3n) is 2.67. The molecule has 2 aromatic carbocycles. The second kappa shape index (κ2) is 7.94. The van der Waals surface area contributed by atoms with E-state index in [4.69, 9.17) is 16.3 Å². The number of hydrogen-bond donors (Lipinski definition) is 2. The molecule has 2 amide bonds. The maximum absolute atomic E-state index is 12.8. The van der Waals surface area contributed by atoms with Crippen LogP contribution >= 0.6 is 27.5 Å². The summed E-state index contributed by atoms with van der Waals surface area (Å²) in [6.07, 6.45) is 0. The molecule has 0 spiro atoms. The number of amides is 2. The molecule has 0 saturated heterocycles. The molecule has 0 atom stereocenters. The van der Waals surface area contributed by atoms with Gasteiger partial charge in [-0.15, -0.1) is 0 Å². The van der Waals surface area contributed by atoms with Crippen LogP contribution in [-0.2, 0) is 4.79 Å². The first kappa shape index (κ1) is 17.2. The minimum Gasteiger partial charge on any atom is -0.482 e. The molecular formula is C15H11BrClFN2O3. The highest BCUT2D eigenvalue weighted by Crippen LogP contribution is 2.27. The fraction of sp³-hybridized carbons (Fsp3) is 0.0667. The zero-order chi connectivity index (χ0) is 16.8. The van der Waals surface area contributed by atoms with E-state index in [1.54, 1.807) is 18.2 Å². The number of carbonyl (C=O) groups excluding carboxylic acids is 2. The number of nitrogens with one attached hydrogen (secondary N) is 2. The topological polar surface area (TPSA) is 67.4 Å². The van der Waals surface area contributed by atoms with Gasteiger partial charge in [0.1, 0.15) is 11.6 Å². The molecule has 0 aliphatic carbocycles. The summed E-state index contributed by atoms with van der Waals surface area (Å²) < 4.78 is 18.8. The Bertz CT molecular complexity index is 725. The summed E-state index contributed by atoms with van der Waals surface area (Å²) in [5.41, 5.74) is 4.60. The lowest BCUT2D eigenvalue weighted by atomic mass is 10.2. The van der Waals surface area contributed by atoms with E-state index in [0.29, 0.717) is 10.8 Å². The molecule has 23 heavy (non-hydrogen) atoms. The zero-order valence-electron chi connectivity index (χ0n) is 11.6. The Morgan fingerprint density at radius 2 is 1.83 bits per heavy atom. The van der Waals surface area contributed by atoms with Gasteiger partial charge in [-0.2, -0.15) is 0 Å². The van der Waals surface area contributed by atoms with Crippen LogP contribution in [0.25, 0.3) is 0 Å². The third kappa shape index (κ3) is 5.22. The minimum atomic E-state index is -0.570. The average Bonchev–Trinajstić information content (AvgIpc) is 2.52. The second-order valence-electron chi connectivity index (χ2n) is 4.37. The largest absolute Gasteiger partial charge is 0.482 e. The molecule has 0 fully saturated rings. The Hall–Kier alpha value is -2.12. The van der Waals surface area contributed by atoms with Crippen LogP contribution in [0, 0.1) is 5.82 Å². The van der Waals surface area contributed by atoms with Crippen molar-refractivity contribution in [2.45, 2.75) is 0 Å². The fourth-order valence-corrected chi connectivity index (χ4v) is 2.30. The van der Waals surface area contributed by atoms with E-state index in [2.05, 4.69) is 26.8 Å². The van der Waals surface area contributed by atoms with E-state index in [9.17, 15) is 14.0 Å². The van der Waals surface area contributed by atoms with Crippen molar-refractivity contribution < 1.29 is 18.7 Å². The first-order valence-electron chi connectivity index (χ1n) is 6.38. The van der Waals surface area contributed by atoms with Gasteiger partial charge in [0.25, 0.3) is 11.8 Å². The van der Waals surface area contributed by atoms with E-state index < -0.39 is 17.6 Å². The van der Waals surface area contributed by atoms with E-state index in [1.165, 1.54) is 12.1 Å². The quantitative estimate of drug-likeness (QED) is 0.774. The van der Waals surface area contributed by atoms with Crippen LogP contribution in [0.3, 0.4) is 0 Å². The molecule has 0 saturated carbocycles. The average molecular weight is 402 g/mol. The summed E-state index contributed by atoms with van der Waals surface area (Å²) in [5, 5.41) is 0.350. The highest BCUT2D eigenvalue weighted by molar-refractivity contribution is 9.10. The number of ether oxygens (including phenoxy) is 1. The SMILES string of the molecule is O=C(COc1ccc(Br)cc1Cl)NNC(=O)c1ccc(F)cc1. The Kier molecular flexibility index (Phi) is 5.95. The molecule has 0 aliphatic heterocycles. The molecule has 0 aliphatic rings. The number of halogens is 3. The zero-order valence-corrected chi connectivity index (χ0v) is 13.9. The van der Waals surface area contributed by atoms with Crippen molar-refractivity contribution in [2.75, 3.05) is 6.61 Å². The van der Waals surface area contributed by atoms with Crippen molar-refractivity contribution >= 4 is 39.3 Å². The van der Waals surface area contributed by atoms with Crippen LogP contribution in [0.1, 0.15) is 10.4 Å². The molecule has 0 bridgehead atoms. The standard InChI is InChI=1S/C15H11BrClFN2O3/c16-10-3-6-13(12(17)7-10)23-8-14(21)19-20-15(22)9-1-4-11(18)5-2-9/h1-7H,8H2,(H,19,21)(H,20,22). The van der Waals surface area contributed by atoms with Gasteiger partial charge in [-0.25, -0.2) is 4.39 Å². The van der Waals surface area contributed by atoms with Crippen molar-refractivity contribution in [3.8, 4) is 5.75 Å². The van der Waals surface area contributed by atoms with Crippen LogP contribution in [0.15, 0.2) is 46.9 Å². The fourth-order valence-electron chi connectivity index (χ4n) is 1.57. The summed E-state index contributed by atoms with van der Waals surface area (Å²) in [5.74, 6) is -1.25. The molecule has 0 heterocycles. The molecule has 0 unspecified atom stereocenters. The number of hydrazine groups is 1. The maximum atomic E-state index is 12.8. The van der Waals surface area contributed by atoms with Gasteiger partial charge in [-0.1, -0.05) is 27.5 Å². The molecule has 5 nitrogen and oxygen atoms in total. The summed E-state index contributed by atoms with van der Waals surface area (Å²) in [6, 6.07) is 9.85. The van der Waals surface area contributed by atoms with Gasteiger partial charge < -0.3 is 4.74 Å². The summed E-state index contributed by atoms with van der Waals surface area (Å²) in [4.78, 5) is 23.3. The van der Waals surface area contributed by atoms with Crippen molar-refractivity contribution in [3.63, 3.8) is 0 Å². The predicted octanol–water partition coefficient (Wildman–Crippen LogP) is 3.08. The van der Waals surface area contributed by atoms with Crippen molar-refractivity contribution in [1.82, 2.24) is 10.9 Å². The number of benzene rings is 2. The Morgan fingerprint density at radius 1 is 1.13 bits per heavy atom. The van der Waals surface area contributed by atoms with Gasteiger partial charge >= 0.3 is 0 Å². The van der Waals surface area contributed by atoms with E-state index >= 15 is 0 Å². The van der Waals surface area contributed by atoms with Gasteiger partial charge in [0.2, 0.25) is 0 Å². The van der Waals surface area contributed by atoms with E-state index in [-0.39, 0.29) is 12.2 Å². The van der Waals surface area contributed by atoms with Crippen molar-refractivity contribution in [2.24, 2.45) is 0 Å². The molecule has 120 valence electrons. The van der Waals surface area contributed by atoms with Crippen LogP contribution < -0.4 is 15.6 Å². The van der Waals surface area contributed by atoms with Crippen LogP contribution in [0.5, 0.6) is 5.75 Å². The number of rotatable bonds is 4. The highest BCUT2D eigenvalue weighted by Gasteiger charge is 2.09. The van der Waals surface area contributed by atoms with Gasteiger partial charge in [0, 0.05) is 10.0 Å². The third-order valence-corrected chi connectivity index (χ3v) is 3.46. The van der Waals surface area contributed by atoms with E-state index in [0.717, 1.165) is 16.6 Å². The normalized spacial score (nSPS) is 10.0. The van der Waals surface area contributed by atoms with Gasteiger partial charge in [-0.05, 0) is 42.5 Å². The molecule has 2 rings (SSSR count). The minimum absolute atomic E-state index is 0.212. The van der Waals surface area contributed by atoms with Gasteiger partial charge in [-0.3, -0.25) is 20.4 Å². The Labute approximate surface area is 144 Å². The van der Waals surface area contributed by atoms with E-state index in [1.807, 2.05) is 0 Å². The Morgan fingerprint density at radius 3 is 2.48 bits per heavy atom. The first-order valence-corrected chi connectivity index (χ1v) is 7.55. The van der Waals surface area contributed by atoms with Crippen molar-refractivity contribution in [3.05, 3.63) is 63.3 Å². The second-order valence-corrected chi connectivity index (χ2v) is 5.70. The lowest BCUT2D eigenvalue weighted by Gasteiger charge is -2.10. The Balaban J connectivity index is 1.81. The summed E-state index contributed by atoms with van der Waals surface area (Å²) in [7, 11) is 0. The van der Waals surface area contributed by atoms with Gasteiger partial charge in [0.05, 0.1) is 5.02 Å². The predicted molar refractivity (Wildman–Crippen MR) is 86.7 cm³/mol. The molecule has 0 aromatic heterocycles. The first-order chi connectivity index (χ1) is 11.0. The molecule has 0 radical (unpaired) electrons. The van der Waals surface area contributed by atoms with Gasteiger partial charge in [0.15, 0.2) is 6.61 Å². The summed E-state index contributed by atoms with van der Waals surface area (Å²) >= 11 is 9.20. The lowest BCUT2D eigenvalue weighted by molar-refractivity contribution is -0.123. The maximum Gasteiger partial charge on any atom is 0.276 e. The number of carbonyl (C=O) groups is 2. The molecule has 2 N–H and O–H groups in total.